The first-order valence-corrected chi connectivity index (χ1v) is 11.4. The number of nitrogens with zero attached hydrogens (tertiary/aromatic N) is 2. The normalized spacial score (nSPS) is 21.2. The molecule has 0 aromatic heterocycles. The van der Waals surface area contributed by atoms with Gasteiger partial charge < -0.3 is 15.1 Å². The highest BCUT2D eigenvalue weighted by molar-refractivity contribution is 5.81. The summed E-state index contributed by atoms with van der Waals surface area (Å²) in [6.45, 7) is 15.5. The molecule has 4 heteroatoms. The summed E-state index contributed by atoms with van der Waals surface area (Å²) in [6, 6.07) is 15.3. The number of hydrogen-bond acceptors (Lipinski definition) is 3. The van der Waals surface area contributed by atoms with Gasteiger partial charge in [-0.2, -0.15) is 0 Å². The maximum Gasteiger partial charge on any atom is 0.227 e. The van der Waals surface area contributed by atoms with E-state index in [-0.39, 0.29) is 11.8 Å². The molecule has 2 aromatic carbocycles. The van der Waals surface area contributed by atoms with Crippen LogP contribution in [0.25, 0.3) is 0 Å². The molecule has 1 N–H and O–H groups in total. The van der Waals surface area contributed by atoms with Gasteiger partial charge in [0, 0.05) is 50.9 Å². The summed E-state index contributed by atoms with van der Waals surface area (Å²) >= 11 is 0. The van der Waals surface area contributed by atoms with Gasteiger partial charge in [0.25, 0.3) is 0 Å². The summed E-state index contributed by atoms with van der Waals surface area (Å²) in [4.78, 5) is 17.8. The summed E-state index contributed by atoms with van der Waals surface area (Å²) in [5.41, 5.74) is 6.46. The van der Waals surface area contributed by atoms with Gasteiger partial charge in [-0.25, -0.2) is 0 Å². The molecule has 0 aliphatic carbocycles. The molecule has 2 heterocycles. The molecule has 0 saturated carbocycles. The molecule has 1 amide bonds. The molecular weight excluding hydrogens is 370 g/mol. The maximum absolute atomic E-state index is 13.3. The number of hydrogen-bond donors (Lipinski definition) is 1. The lowest BCUT2D eigenvalue weighted by Crippen LogP contribution is -2.51. The van der Waals surface area contributed by atoms with Crippen molar-refractivity contribution in [2.24, 2.45) is 5.92 Å². The first-order valence-electron chi connectivity index (χ1n) is 11.4. The number of rotatable bonds is 3. The SMILES string of the molecule is CC.Cc1ccc([C@@H]2CNC[C@H]2C(=O)N2CCN(c3cc(C)ccc3C)CC2)cc1. The zero-order chi connectivity index (χ0) is 21.7. The zero-order valence-electron chi connectivity index (χ0n) is 19.2. The van der Waals surface area contributed by atoms with Crippen molar-refractivity contribution in [1.82, 2.24) is 10.2 Å². The molecule has 0 bridgehead atoms. The molecule has 2 aromatic rings. The lowest BCUT2D eigenvalue weighted by atomic mass is 9.87. The van der Waals surface area contributed by atoms with Crippen molar-refractivity contribution < 1.29 is 4.79 Å². The standard InChI is InChI=1S/C24H31N3O.C2H6/c1-17-5-8-20(9-6-17)21-15-25-16-22(21)24(28)27-12-10-26(11-13-27)23-14-18(2)4-7-19(23)3;1-2/h4-9,14,21-22,25H,10-13,15-16H2,1-3H3;1-2H3/t21-,22+;/m0./s1. The molecule has 2 saturated heterocycles. The predicted octanol–water partition coefficient (Wildman–Crippen LogP) is 4.29. The van der Waals surface area contributed by atoms with Crippen LogP contribution in [-0.4, -0.2) is 50.1 Å². The molecule has 0 spiro atoms. The molecule has 0 unspecified atom stereocenters. The van der Waals surface area contributed by atoms with Crippen molar-refractivity contribution in [2.45, 2.75) is 40.5 Å². The fraction of sp³-hybridized carbons (Fsp3) is 0.500. The molecule has 0 radical (unpaired) electrons. The minimum Gasteiger partial charge on any atom is -0.368 e. The van der Waals surface area contributed by atoms with Gasteiger partial charge in [0.1, 0.15) is 0 Å². The Kier molecular flexibility index (Phi) is 7.54. The molecule has 2 atom stereocenters. The van der Waals surface area contributed by atoms with E-state index < -0.39 is 0 Å². The van der Waals surface area contributed by atoms with Gasteiger partial charge >= 0.3 is 0 Å². The monoisotopic (exact) mass is 407 g/mol. The van der Waals surface area contributed by atoms with Crippen LogP contribution in [0.3, 0.4) is 0 Å². The molecule has 4 rings (SSSR count). The van der Waals surface area contributed by atoms with Gasteiger partial charge in [0.05, 0.1) is 5.92 Å². The molecule has 30 heavy (non-hydrogen) atoms. The zero-order valence-corrected chi connectivity index (χ0v) is 19.2. The molecule has 2 aliphatic rings. The van der Waals surface area contributed by atoms with E-state index in [0.29, 0.717) is 5.91 Å². The van der Waals surface area contributed by atoms with E-state index >= 15 is 0 Å². The van der Waals surface area contributed by atoms with Crippen molar-refractivity contribution in [3.8, 4) is 0 Å². The Labute approximate surface area is 182 Å². The minimum absolute atomic E-state index is 0.0509. The van der Waals surface area contributed by atoms with Gasteiger partial charge in [0.15, 0.2) is 0 Å². The van der Waals surface area contributed by atoms with Crippen LogP contribution in [-0.2, 0) is 4.79 Å². The first-order chi connectivity index (χ1) is 14.5. The first kappa shape index (κ1) is 22.4. The number of piperazine rings is 1. The van der Waals surface area contributed by atoms with E-state index in [1.807, 2.05) is 13.8 Å². The molecule has 162 valence electrons. The lowest BCUT2D eigenvalue weighted by molar-refractivity contribution is -0.135. The van der Waals surface area contributed by atoms with Crippen LogP contribution in [0.1, 0.15) is 42.0 Å². The summed E-state index contributed by atoms with van der Waals surface area (Å²) in [7, 11) is 0. The van der Waals surface area contributed by atoms with E-state index in [4.69, 9.17) is 0 Å². The van der Waals surface area contributed by atoms with Crippen LogP contribution in [0.5, 0.6) is 0 Å². The smallest absolute Gasteiger partial charge is 0.227 e. The topological polar surface area (TPSA) is 35.6 Å². The molecular formula is C26H37N3O. The highest BCUT2D eigenvalue weighted by atomic mass is 16.2. The van der Waals surface area contributed by atoms with Crippen LogP contribution < -0.4 is 10.2 Å². The quantitative estimate of drug-likeness (QED) is 0.824. The highest BCUT2D eigenvalue weighted by Crippen LogP contribution is 2.31. The van der Waals surface area contributed by atoms with E-state index in [1.54, 1.807) is 0 Å². The second-order valence-electron chi connectivity index (χ2n) is 8.38. The third-order valence-electron chi connectivity index (χ3n) is 6.33. The number of nitrogens with one attached hydrogen (secondary N) is 1. The summed E-state index contributed by atoms with van der Waals surface area (Å²) < 4.78 is 0. The van der Waals surface area contributed by atoms with Crippen LogP contribution in [0.2, 0.25) is 0 Å². The summed E-state index contributed by atoms with van der Waals surface area (Å²) in [5, 5.41) is 3.45. The Balaban J connectivity index is 0.00000124. The van der Waals surface area contributed by atoms with Gasteiger partial charge in [-0.3, -0.25) is 4.79 Å². The average molecular weight is 408 g/mol. The molecule has 2 aliphatic heterocycles. The van der Waals surface area contributed by atoms with E-state index in [9.17, 15) is 4.79 Å². The third kappa shape index (κ3) is 4.86. The summed E-state index contributed by atoms with van der Waals surface area (Å²) in [5.74, 6) is 0.649. The van der Waals surface area contributed by atoms with Crippen molar-refractivity contribution in [3.63, 3.8) is 0 Å². The van der Waals surface area contributed by atoms with Gasteiger partial charge in [-0.1, -0.05) is 55.8 Å². The fourth-order valence-electron chi connectivity index (χ4n) is 4.56. The Morgan fingerprint density at radius 2 is 1.50 bits per heavy atom. The predicted molar refractivity (Wildman–Crippen MR) is 126 cm³/mol. The molecule has 2 fully saturated rings. The Bertz CT molecular complexity index is 838. The van der Waals surface area contributed by atoms with E-state index in [0.717, 1.165) is 39.3 Å². The maximum atomic E-state index is 13.3. The number of anilines is 1. The Hall–Kier alpha value is -2.33. The van der Waals surface area contributed by atoms with Crippen molar-refractivity contribution >= 4 is 11.6 Å². The lowest BCUT2D eigenvalue weighted by Gasteiger charge is -2.38. The number of amides is 1. The summed E-state index contributed by atoms with van der Waals surface area (Å²) in [6.07, 6.45) is 0. The van der Waals surface area contributed by atoms with E-state index in [2.05, 4.69) is 78.4 Å². The van der Waals surface area contributed by atoms with Crippen molar-refractivity contribution in [3.05, 3.63) is 64.7 Å². The fourth-order valence-corrected chi connectivity index (χ4v) is 4.56. The van der Waals surface area contributed by atoms with E-state index in [1.165, 1.54) is 27.9 Å². The Morgan fingerprint density at radius 3 is 2.17 bits per heavy atom. The number of benzene rings is 2. The highest BCUT2D eigenvalue weighted by Gasteiger charge is 2.37. The largest absolute Gasteiger partial charge is 0.368 e. The number of carbonyl (C=O) groups is 1. The van der Waals surface area contributed by atoms with Gasteiger partial charge in [-0.05, 0) is 43.5 Å². The van der Waals surface area contributed by atoms with Gasteiger partial charge in [-0.15, -0.1) is 0 Å². The molecule has 4 nitrogen and oxygen atoms in total. The van der Waals surface area contributed by atoms with Crippen LogP contribution in [0, 0.1) is 26.7 Å². The second-order valence-corrected chi connectivity index (χ2v) is 8.38. The Morgan fingerprint density at radius 1 is 0.867 bits per heavy atom. The minimum atomic E-state index is 0.0509. The van der Waals surface area contributed by atoms with Crippen molar-refractivity contribution in [2.75, 3.05) is 44.2 Å². The number of aryl methyl sites for hydroxylation is 3. The average Bonchev–Trinajstić information content (AvgIpc) is 3.27. The van der Waals surface area contributed by atoms with Gasteiger partial charge in [0.2, 0.25) is 5.91 Å². The van der Waals surface area contributed by atoms with Crippen LogP contribution >= 0.6 is 0 Å². The third-order valence-corrected chi connectivity index (χ3v) is 6.33. The van der Waals surface area contributed by atoms with Crippen LogP contribution in [0.4, 0.5) is 5.69 Å². The second kappa shape index (κ2) is 10.1. The van der Waals surface area contributed by atoms with Crippen LogP contribution in [0.15, 0.2) is 42.5 Å². The number of carbonyl (C=O) groups excluding carboxylic acids is 1. The van der Waals surface area contributed by atoms with Crippen molar-refractivity contribution in [1.29, 1.82) is 0 Å².